The van der Waals surface area contributed by atoms with Crippen LogP contribution in [0.1, 0.15) is 25.8 Å². The van der Waals surface area contributed by atoms with E-state index < -0.39 is 0 Å². The van der Waals surface area contributed by atoms with Gasteiger partial charge in [0.1, 0.15) is 0 Å². The van der Waals surface area contributed by atoms with E-state index in [1.54, 1.807) is 6.08 Å². The fourth-order valence-electron chi connectivity index (χ4n) is 1.89. The van der Waals surface area contributed by atoms with E-state index in [-0.39, 0.29) is 5.91 Å². The Bertz CT molecular complexity index is 442. The van der Waals surface area contributed by atoms with Crippen LogP contribution in [0.4, 0.5) is 0 Å². The number of benzene rings is 1. The number of halogens is 1. The minimum absolute atomic E-state index is 0.0792. The first-order valence-corrected chi connectivity index (χ1v) is 7.48. The lowest BCUT2D eigenvalue weighted by molar-refractivity contribution is -0.116. The third-order valence-electron chi connectivity index (χ3n) is 3.16. The Morgan fingerprint density at radius 1 is 1.30 bits per heavy atom. The Hall–Kier alpha value is -1.32. The number of hydrogen-bond donors (Lipinski definition) is 1. The molecule has 0 aliphatic carbocycles. The van der Waals surface area contributed by atoms with E-state index in [9.17, 15) is 4.79 Å². The number of hydrogen-bond acceptors (Lipinski definition) is 2. The second-order valence-electron chi connectivity index (χ2n) is 4.53. The number of carbonyl (C=O) groups is 1. The molecule has 0 spiro atoms. The second-order valence-corrected chi connectivity index (χ2v) is 4.93. The molecular formula is C16H23ClN2O. The van der Waals surface area contributed by atoms with Crippen molar-refractivity contribution < 1.29 is 4.79 Å². The quantitative estimate of drug-likeness (QED) is 0.590. The lowest BCUT2D eigenvalue weighted by atomic mass is 10.2. The van der Waals surface area contributed by atoms with Gasteiger partial charge < -0.3 is 10.2 Å². The Morgan fingerprint density at radius 3 is 2.65 bits per heavy atom. The molecule has 1 aromatic carbocycles. The molecule has 1 aromatic rings. The maximum Gasteiger partial charge on any atom is 0.244 e. The molecule has 1 N–H and O–H groups in total. The first-order valence-electron chi connectivity index (χ1n) is 7.10. The van der Waals surface area contributed by atoms with Gasteiger partial charge >= 0.3 is 0 Å². The lowest BCUT2D eigenvalue weighted by Crippen LogP contribution is -2.29. The summed E-state index contributed by atoms with van der Waals surface area (Å²) in [4.78, 5) is 14.0. The van der Waals surface area contributed by atoms with Gasteiger partial charge in [-0.15, -0.1) is 0 Å². The first kappa shape index (κ1) is 16.7. The van der Waals surface area contributed by atoms with E-state index >= 15 is 0 Å². The highest BCUT2D eigenvalue weighted by Crippen LogP contribution is 2.15. The number of rotatable bonds is 8. The van der Waals surface area contributed by atoms with E-state index in [1.807, 2.05) is 24.3 Å². The SMILES string of the molecule is CCN(CC)CCCNC(=O)C=Cc1ccccc1Cl. The third kappa shape index (κ3) is 6.22. The topological polar surface area (TPSA) is 32.3 Å². The molecule has 20 heavy (non-hydrogen) atoms. The average Bonchev–Trinajstić information content (AvgIpc) is 2.46. The number of nitrogens with one attached hydrogen (secondary N) is 1. The van der Waals surface area contributed by atoms with E-state index in [4.69, 9.17) is 11.6 Å². The van der Waals surface area contributed by atoms with E-state index in [1.165, 1.54) is 6.08 Å². The molecule has 0 aliphatic rings. The highest BCUT2D eigenvalue weighted by Gasteiger charge is 2.00. The Labute approximate surface area is 126 Å². The second kappa shape index (κ2) is 9.56. The zero-order chi connectivity index (χ0) is 14.8. The largest absolute Gasteiger partial charge is 0.353 e. The smallest absolute Gasteiger partial charge is 0.244 e. The number of nitrogens with zero attached hydrogens (tertiary/aromatic N) is 1. The van der Waals surface area contributed by atoms with Crippen molar-refractivity contribution in [3.63, 3.8) is 0 Å². The fourth-order valence-corrected chi connectivity index (χ4v) is 2.09. The molecule has 3 nitrogen and oxygen atoms in total. The van der Waals surface area contributed by atoms with Crippen LogP contribution < -0.4 is 5.32 Å². The Morgan fingerprint density at radius 2 is 2.00 bits per heavy atom. The molecule has 0 atom stereocenters. The molecule has 1 rings (SSSR count). The summed E-state index contributed by atoms with van der Waals surface area (Å²) in [6.45, 7) is 8.11. The molecule has 0 radical (unpaired) electrons. The van der Waals surface area contributed by atoms with Crippen LogP contribution in [0.25, 0.3) is 6.08 Å². The highest BCUT2D eigenvalue weighted by molar-refractivity contribution is 6.32. The van der Waals surface area contributed by atoms with Crippen molar-refractivity contribution in [1.29, 1.82) is 0 Å². The van der Waals surface area contributed by atoms with Gasteiger partial charge in [-0.1, -0.05) is 43.6 Å². The molecule has 1 amide bonds. The summed E-state index contributed by atoms with van der Waals surface area (Å²) in [6.07, 6.45) is 4.23. The Balaban J connectivity index is 2.29. The van der Waals surface area contributed by atoms with Gasteiger partial charge in [-0.3, -0.25) is 4.79 Å². The predicted molar refractivity (Wildman–Crippen MR) is 85.9 cm³/mol. The van der Waals surface area contributed by atoms with Crippen LogP contribution in [0, 0.1) is 0 Å². The minimum atomic E-state index is -0.0792. The van der Waals surface area contributed by atoms with E-state index in [0.29, 0.717) is 11.6 Å². The molecule has 0 saturated carbocycles. The summed E-state index contributed by atoms with van der Waals surface area (Å²) < 4.78 is 0. The molecule has 0 heterocycles. The van der Waals surface area contributed by atoms with E-state index in [0.717, 1.165) is 31.6 Å². The van der Waals surface area contributed by atoms with Crippen molar-refractivity contribution in [2.75, 3.05) is 26.2 Å². The molecule has 0 aliphatic heterocycles. The zero-order valence-corrected chi connectivity index (χ0v) is 13.0. The van der Waals surface area contributed by atoms with Crippen molar-refractivity contribution in [2.45, 2.75) is 20.3 Å². The van der Waals surface area contributed by atoms with Crippen molar-refractivity contribution >= 4 is 23.6 Å². The zero-order valence-electron chi connectivity index (χ0n) is 12.2. The van der Waals surface area contributed by atoms with Crippen LogP contribution >= 0.6 is 11.6 Å². The van der Waals surface area contributed by atoms with Gasteiger partial charge in [0.25, 0.3) is 0 Å². The molecular weight excluding hydrogens is 272 g/mol. The summed E-state index contributed by atoms with van der Waals surface area (Å²) in [5.74, 6) is -0.0792. The Kier molecular flexibility index (Phi) is 8.00. The van der Waals surface area contributed by atoms with Crippen LogP contribution in [0.3, 0.4) is 0 Å². The van der Waals surface area contributed by atoms with Crippen LogP contribution in [-0.2, 0) is 4.79 Å². The molecule has 0 bridgehead atoms. The maximum absolute atomic E-state index is 11.7. The molecule has 0 aromatic heterocycles. The van der Waals surface area contributed by atoms with Crippen molar-refractivity contribution in [3.8, 4) is 0 Å². The molecule has 110 valence electrons. The summed E-state index contributed by atoms with van der Waals surface area (Å²) in [6, 6.07) is 7.45. The standard InChI is InChI=1S/C16H23ClN2O/c1-3-19(4-2)13-7-12-18-16(20)11-10-14-8-5-6-9-15(14)17/h5-6,8-11H,3-4,7,12-13H2,1-2H3,(H,18,20). The minimum Gasteiger partial charge on any atom is -0.353 e. The summed E-state index contributed by atoms with van der Waals surface area (Å²) in [7, 11) is 0. The summed E-state index contributed by atoms with van der Waals surface area (Å²) >= 11 is 6.01. The summed E-state index contributed by atoms with van der Waals surface area (Å²) in [5, 5.41) is 3.53. The monoisotopic (exact) mass is 294 g/mol. The molecule has 4 heteroatoms. The average molecular weight is 295 g/mol. The molecule has 0 fully saturated rings. The molecule has 0 saturated heterocycles. The van der Waals surface area contributed by atoms with Gasteiger partial charge in [-0.05, 0) is 43.8 Å². The predicted octanol–water partition coefficient (Wildman–Crippen LogP) is 3.20. The maximum atomic E-state index is 11.7. The van der Waals surface area contributed by atoms with Crippen molar-refractivity contribution in [3.05, 3.63) is 40.9 Å². The van der Waals surface area contributed by atoms with Crippen molar-refractivity contribution in [2.24, 2.45) is 0 Å². The highest BCUT2D eigenvalue weighted by atomic mass is 35.5. The number of amides is 1. The van der Waals surface area contributed by atoms with Gasteiger partial charge in [0, 0.05) is 17.6 Å². The lowest BCUT2D eigenvalue weighted by Gasteiger charge is -2.17. The van der Waals surface area contributed by atoms with Crippen LogP contribution in [0.15, 0.2) is 30.3 Å². The van der Waals surface area contributed by atoms with Gasteiger partial charge in [0.05, 0.1) is 0 Å². The number of carbonyl (C=O) groups excluding carboxylic acids is 1. The van der Waals surface area contributed by atoms with Crippen LogP contribution in [0.5, 0.6) is 0 Å². The van der Waals surface area contributed by atoms with Gasteiger partial charge in [0.2, 0.25) is 5.91 Å². The summed E-state index contributed by atoms with van der Waals surface area (Å²) in [5.41, 5.74) is 0.854. The van der Waals surface area contributed by atoms with Crippen molar-refractivity contribution in [1.82, 2.24) is 10.2 Å². The normalized spacial score (nSPS) is 11.2. The van der Waals surface area contributed by atoms with E-state index in [2.05, 4.69) is 24.1 Å². The van der Waals surface area contributed by atoms with Gasteiger partial charge in [-0.25, -0.2) is 0 Å². The van der Waals surface area contributed by atoms with Gasteiger partial charge in [0.15, 0.2) is 0 Å². The van der Waals surface area contributed by atoms with Crippen LogP contribution in [-0.4, -0.2) is 37.0 Å². The first-order chi connectivity index (χ1) is 9.67. The third-order valence-corrected chi connectivity index (χ3v) is 3.51. The van der Waals surface area contributed by atoms with Gasteiger partial charge in [-0.2, -0.15) is 0 Å². The fraction of sp³-hybridized carbons (Fsp3) is 0.438. The molecule has 0 unspecified atom stereocenters. The van der Waals surface area contributed by atoms with Crippen LogP contribution in [0.2, 0.25) is 5.02 Å².